The molecule has 0 heterocycles. The third-order valence-electron chi connectivity index (χ3n) is 4.54. The molecule has 162 valence electrons. The summed E-state index contributed by atoms with van der Waals surface area (Å²) in [6.07, 6.45) is 1.11. The van der Waals surface area contributed by atoms with E-state index in [1.807, 2.05) is 58.0 Å². The van der Waals surface area contributed by atoms with Crippen LogP contribution < -0.4 is 10.1 Å². The van der Waals surface area contributed by atoms with Gasteiger partial charge in [-0.25, -0.2) is 4.39 Å². The molecule has 0 saturated heterocycles. The minimum absolute atomic E-state index is 0.187. The van der Waals surface area contributed by atoms with E-state index in [-0.39, 0.29) is 24.2 Å². The molecule has 0 bridgehead atoms. The van der Waals surface area contributed by atoms with E-state index in [9.17, 15) is 14.0 Å². The quantitative estimate of drug-likeness (QED) is 0.676. The predicted molar refractivity (Wildman–Crippen MR) is 116 cm³/mol. The van der Waals surface area contributed by atoms with Crippen LogP contribution in [0.2, 0.25) is 0 Å². The molecule has 1 atom stereocenters. The summed E-state index contributed by atoms with van der Waals surface area (Å²) in [5, 5.41) is 2.97. The van der Waals surface area contributed by atoms with Gasteiger partial charge >= 0.3 is 0 Å². The molecule has 0 saturated carbocycles. The van der Waals surface area contributed by atoms with Gasteiger partial charge in [0.1, 0.15) is 17.6 Å². The molecule has 0 aromatic heterocycles. The highest BCUT2D eigenvalue weighted by molar-refractivity contribution is 5.88. The van der Waals surface area contributed by atoms with Crippen LogP contribution in [0.3, 0.4) is 0 Å². The SMILES string of the molecule is CC[C@@H](C(=O)NC(C)(C)C)N(CCc1ccccc1)C(=O)COc1ccc(F)cc1. The van der Waals surface area contributed by atoms with Crippen molar-refractivity contribution in [2.45, 2.75) is 52.1 Å². The highest BCUT2D eigenvalue weighted by Gasteiger charge is 2.30. The van der Waals surface area contributed by atoms with Crippen molar-refractivity contribution in [2.24, 2.45) is 0 Å². The molecule has 30 heavy (non-hydrogen) atoms. The van der Waals surface area contributed by atoms with Gasteiger partial charge in [0, 0.05) is 12.1 Å². The number of carbonyl (C=O) groups excluding carboxylic acids is 2. The molecule has 2 aromatic rings. The van der Waals surface area contributed by atoms with Crippen LogP contribution in [0.4, 0.5) is 4.39 Å². The van der Waals surface area contributed by atoms with Crippen molar-refractivity contribution >= 4 is 11.8 Å². The molecule has 2 amide bonds. The average Bonchev–Trinajstić information content (AvgIpc) is 2.69. The molecule has 0 unspecified atom stereocenters. The molecule has 2 aromatic carbocycles. The Morgan fingerprint density at radius 3 is 2.27 bits per heavy atom. The normalized spacial score (nSPS) is 12.2. The van der Waals surface area contributed by atoms with E-state index >= 15 is 0 Å². The zero-order chi connectivity index (χ0) is 22.1. The maximum absolute atomic E-state index is 13.1. The van der Waals surface area contributed by atoms with Crippen molar-refractivity contribution in [1.29, 1.82) is 0 Å². The summed E-state index contributed by atoms with van der Waals surface area (Å²) in [6, 6.07) is 14.7. The van der Waals surface area contributed by atoms with Crippen molar-refractivity contribution in [1.82, 2.24) is 10.2 Å². The number of nitrogens with zero attached hydrogens (tertiary/aromatic N) is 1. The van der Waals surface area contributed by atoms with E-state index in [0.29, 0.717) is 25.1 Å². The standard InChI is InChI=1S/C24H31FN2O3/c1-5-21(23(29)26-24(2,3)4)27(16-15-18-9-7-6-8-10-18)22(28)17-30-20-13-11-19(25)12-14-20/h6-14,21H,5,15-17H2,1-4H3,(H,26,29)/t21-/m0/s1. The lowest BCUT2D eigenvalue weighted by Crippen LogP contribution is -2.54. The minimum Gasteiger partial charge on any atom is -0.484 e. The number of hydrogen-bond donors (Lipinski definition) is 1. The number of nitrogens with one attached hydrogen (secondary N) is 1. The van der Waals surface area contributed by atoms with Crippen molar-refractivity contribution in [3.05, 3.63) is 66.0 Å². The second-order valence-electron chi connectivity index (χ2n) is 8.23. The van der Waals surface area contributed by atoms with Gasteiger partial charge in [-0.15, -0.1) is 0 Å². The van der Waals surface area contributed by atoms with Crippen LogP contribution in [-0.4, -0.2) is 41.4 Å². The second-order valence-corrected chi connectivity index (χ2v) is 8.23. The maximum atomic E-state index is 13.1. The number of hydrogen-bond acceptors (Lipinski definition) is 3. The zero-order valence-corrected chi connectivity index (χ0v) is 18.2. The Hall–Kier alpha value is -2.89. The molecule has 5 nitrogen and oxygen atoms in total. The first-order valence-electron chi connectivity index (χ1n) is 10.2. The van der Waals surface area contributed by atoms with Crippen LogP contribution in [0.5, 0.6) is 5.75 Å². The number of carbonyl (C=O) groups is 2. The van der Waals surface area contributed by atoms with Crippen LogP contribution in [-0.2, 0) is 16.0 Å². The number of benzene rings is 2. The lowest BCUT2D eigenvalue weighted by Gasteiger charge is -2.33. The van der Waals surface area contributed by atoms with Gasteiger partial charge in [-0.2, -0.15) is 0 Å². The minimum atomic E-state index is -0.600. The third kappa shape index (κ3) is 7.50. The van der Waals surface area contributed by atoms with E-state index in [2.05, 4.69) is 5.32 Å². The molecule has 0 fully saturated rings. The summed E-state index contributed by atoms with van der Waals surface area (Å²) in [5.74, 6) is -0.442. The molecule has 0 aliphatic rings. The van der Waals surface area contributed by atoms with Crippen molar-refractivity contribution in [3.63, 3.8) is 0 Å². The molecule has 2 rings (SSSR count). The van der Waals surface area contributed by atoms with Crippen LogP contribution >= 0.6 is 0 Å². The summed E-state index contributed by atoms with van der Waals surface area (Å²) >= 11 is 0. The molecular weight excluding hydrogens is 383 g/mol. The van der Waals surface area contributed by atoms with Gasteiger partial charge < -0.3 is 15.0 Å². The maximum Gasteiger partial charge on any atom is 0.261 e. The van der Waals surface area contributed by atoms with Crippen molar-refractivity contribution < 1.29 is 18.7 Å². The third-order valence-corrected chi connectivity index (χ3v) is 4.54. The summed E-state index contributed by atoms with van der Waals surface area (Å²) in [5.41, 5.74) is 0.685. The molecular formula is C24H31FN2O3. The topological polar surface area (TPSA) is 58.6 Å². The van der Waals surface area contributed by atoms with Gasteiger partial charge in [0.15, 0.2) is 6.61 Å². The lowest BCUT2D eigenvalue weighted by molar-refractivity contribution is -0.142. The van der Waals surface area contributed by atoms with Gasteiger partial charge in [0.2, 0.25) is 5.91 Å². The Kier molecular flexibility index (Phi) is 8.39. The Morgan fingerprint density at radius 2 is 1.70 bits per heavy atom. The fourth-order valence-corrected chi connectivity index (χ4v) is 3.11. The molecule has 0 aliphatic carbocycles. The average molecular weight is 415 g/mol. The van der Waals surface area contributed by atoms with E-state index in [1.165, 1.54) is 24.3 Å². The van der Waals surface area contributed by atoms with E-state index in [1.54, 1.807) is 4.90 Å². The number of halogens is 1. The van der Waals surface area contributed by atoms with E-state index < -0.39 is 11.6 Å². The highest BCUT2D eigenvalue weighted by Crippen LogP contribution is 2.14. The van der Waals surface area contributed by atoms with Gasteiger partial charge in [0.05, 0.1) is 0 Å². The molecule has 1 N–H and O–H groups in total. The first-order valence-corrected chi connectivity index (χ1v) is 10.2. The van der Waals surface area contributed by atoms with E-state index in [0.717, 1.165) is 5.56 Å². The smallest absolute Gasteiger partial charge is 0.261 e. The largest absolute Gasteiger partial charge is 0.484 e. The van der Waals surface area contributed by atoms with Gasteiger partial charge in [-0.1, -0.05) is 37.3 Å². The monoisotopic (exact) mass is 414 g/mol. The van der Waals surface area contributed by atoms with Crippen LogP contribution in [0, 0.1) is 5.82 Å². The summed E-state index contributed by atoms with van der Waals surface area (Å²) in [6.45, 7) is 7.78. The van der Waals surface area contributed by atoms with Gasteiger partial charge in [0.25, 0.3) is 5.91 Å². The molecule has 6 heteroatoms. The Labute approximate surface area is 178 Å². The zero-order valence-electron chi connectivity index (χ0n) is 18.2. The molecule has 0 radical (unpaired) electrons. The predicted octanol–water partition coefficient (Wildman–Crippen LogP) is 3.97. The van der Waals surface area contributed by atoms with Crippen LogP contribution in [0.15, 0.2) is 54.6 Å². The highest BCUT2D eigenvalue weighted by atomic mass is 19.1. The van der Waals surface area contributed by atoms with Crippen molar-refractivity contribution in [2.75, 3.05) is 13.2 Å². The lowest BCUT2D eigenvalue weighted by atomic mass is 10.1. The van der Waals surface area contributed by atoms with Gasteiger partial charge in [-0.3, -0.25) is 9.59 Å². The van der Waals surface area contributed by atoms with E-state index in [4.69, 9.17) is 4.74 Å². The Balaban J connectivity index is 2.14. The van der Waals surface area contributed by atoms with Crippen LogP contribution in [0.25, 0.3) is 0 Å². The number of rotatable bonds is 9. The first kappa shape index (κ1) is 23.4. The number of amides is 2. The fraction of sp³-hybridized carbons (Fsp3) is 0.417. The number of ether oxygens (including phenoxy) is 1. The summed E-state index contributed by atoms with van der Waals surface area (Å²) < 4.78 is 18.6. The fourth-order valence-electron chi connectivity index (χ4n) is 3.11. The van der Waals surface area contributed by atoms with Crippen molar-refractivity contribution in [3.8, 4) is 5.75 Å². The van der Waals surface area contributed by atoms with Crippen LogP contribution in [0.1, 0.15) is 39.7 Å². The first-order chi connectivity index (χ1) is 14.2. The summed E-state index contributed by atoms with van der Waals surface area (Å²) in [7, 11) is 0. The summed E-state index contributed by atoms with van der Waals surface area (Å²) in [4.78, 5) is 27.5. The molecule has 0 spiro atoms. The van der Waals surface area contributed by atoms with Gasteiger partial charge in [-0.05, 0) is 63.4 Å². The second kappa shape index (κ2) is 10.8. The Bertz CT molecular complexity index is 817. The Morgan fingerprint density at radius 1 is 1.07 bits per heavy atom. The molecule has 0 aliphatic heterocycles.